The van der Waals surface area contributed by atoms with E-state index in [-0.39, 0.29) is 16.3 Å². The van der Waals surface area contributed by atoms with Crippen LogP contribution in [-0.4, -0.2) is 32.2 Å². The van der Waals surface area contributed by atoms with Crippen molar-refractivity contribution in [3.63, 3.8) is 0 Å². The van der Waals surface area contributed by atoms with Gasteiger partial charge in [-0.2, -0.15) is 0 Å². The maximum atomic E-state index is 12.1. The number of sulfonamides is 1. The van der Waals surface area contributed by atoms with Crippen molar-refractivity contribution in [3.8, 4) is 0 Å². The number of amides is 1. The molecule has 0 aliphatic rings. The van der Waals surface area contributed by atoms with E-state index in [2.05, 4.69) is 5.32 Å². The second-order valence-corrected chi connectivity index (χ2v) is 7.91. The second kappa shape index (κ2) is 8.84. The highest BCUT2D eigenvalue weighted by molar-refractivity contribution is 8.00. The molecule has 0 fully saturated rings. The molecule has 0 bridgehead atoms. The maximum Gasteiger partial charge on any atom is 0.317 e. The van der Waals surface area contributed by atoms with Crippen LogP contribution in [0.2, 0.25) is 0 Å². The molecule has 0 saturated heterocycles. The third-order valence-corrected chi connectivity index (χ3v) is 5.10. The largest absolute Gasteiger partial charge is 0.452 e. The summed E-state index contributed by atoms with van der Waals surface area (Å²) in [5.74, 6) is -1.03. The van der Waals surface area contributed by atoms with Crippen LogP contribution in [-0.2, 0) is 24.3 Å². The Hall–Kier alpha value is -2.36. The molecule has 0 aromatic heterocycles. The molecule has 0 spiro atoms. The van der Waals surface area contributed by atoms with Crippen molar-refractivity contribution in [2.75, 3.05) is 11.1 Å². The van der Waals surface area contributed by atoms with Crippen LogP contribution in [0.1, 0.15) is 6.92 Å². The molecule has 0 aliphatic heterocycles. The highest BCUT2D eigenvalue weighted by Gasteiger charge is 2.18. The molecular formula is C17H18N2O5S2. The maximum absolute atomic E-state index is 12.1. The lowest BCUT2D eigenvalue weighted by molar-refractivity contribution is -0.150. The Balaban J connectivity index is 1.88. The van der Waals surface area contributed by atoms with Crippen molar-refractivity contribution in [1.29, 1.82) is 0 Å². The normalized spacial score (nSPS) is 12.2. The molecule has 0 heterocycles. The van der Waals surface area contributed by atoms with Gasteiger partial charge in [0, 0.05) is 10.6 Å². The fourth-order valence-electron chi connectivity index (χ4n) is 1.94. The van der Waals surface area contributed by atoms with E-state index in [0.717, 1.165) is 4.90 Å². The van der Waals surface area contributed by atoms with Crippen molar-refractivity contribution in [3.05, 3.63) is 54.6 Å². The molecule has 2 rings (SSSR count). The Bertz CT molecular complexity index is 885. The number of benzene rings is 2. The molecular weight excluding hydrogens is 376 g/mol. The predicted molar refractivity (Wildman–Crippen MR) is 99.2 cm³/mol. The van der Waals surface area contributed by atoms with Gasteiger partial charge in [0.2, 0.25) is 10.0 Å². The van der Waals surface area contributed by atoms with Crippen LogP contribution < -0.4 is 10.5 Å². The molecule has 7 nitrogen and oxygen atoms in total. The molecule has 2 aromatic carbocycles. The first-order valence-electron chi connectivity index (χ1n) is 7.57. The summed E-state index contributed by atoms with van der Waals surface area (Å²) < 4.78 is 27.8. The van der Waals surface area contributed by atoms with Crippen LogP contribution >= 0.6 is 11.8 Å². The first-order chi connectivity index (χ1) is 12.3. The van der Waals surface area contributed by atoms with Gasteiger partial charge >= 0.3 is 5.97 Å². The Morgan fingerprint density at radius 3 is 2.50 bits per heavy atom. The van der Waals surface area contributed by atoms with Gasteiger partial charge in [-0.05, 0) is 37.3 Å². The summed E-state index contributed by atoms with van der Waals surface area (Å²) in [7, 11) is -3.87. The zero-order valence-corrected chi connectivity index (χ0v) is 15.5. The number of anilines is 1. The van der Waals surface area contributed by atoms with E-state index in [9.17, 15) is 18.0 Å². The number of primary sulfonamides is 1. The van der Waals surface area contributed by atoms with Gasteiger partial charge in [-0.1, -0.05) is 24.3 Å². The summed E-state index contributed by atoms with van der Waals surface area (Å²) in [5, 5.41) is 7.54. The molecule has 9 heteroatoms. The topological polar surface area (TPSA) is 116 Å². The monoisotopic (exact) mass is 394 g/mol. The highest BCUT2D eigenvalue weighted by Crippen LogP contribution is 2.18. The van der Waals surface area contributed by atoms with Gasteiger partial charge in [0.1, 0.15) is 0 Å². The standard InChI is InChI=1S/C17H18N2O5S2/c1-12(24-16(20)11-25-14-7-3-2-4-8-14)17(21)19-13-6-5-9-15(10-13)26(18,22)23/h2-10,12H,11H2,1H3,(H,19,21)(H2,18,22,23). The van der Waals surface area contributed by atoms with Crippen LogP contribution in [0.4, 0.5) is 5.69 Å². The first-order valence-corrected chi connectivity index (χ1v) is 10.1. The number of rotatable bonds is 7. The molecule has 3 N–H and O–H groups in total. The quantitative estimate of drug-likeness (QED) is 0.548. The van der Waals surface area contributed by atoms with Crippen LogP contribution in [0.15, 0.2) is 64.4 Å². The van der Waals surface area contributed by atoms with Gasteiger partial charge in [-0.15, -0.1) is 11.8 Å². The van der Waals surface area contributed by atoms with E-state index in [1.165, 1.54) is 43.0 Å². The summed E-state index contributed by atoms with van der Waals surface area (Å²) in [6, 6.07) is 14.8. The van der Waals surface area contributed by atoms with E-state index in [1.807, 2.05) is 30.3 Å². The van der Waals surface area contributed by atoms with Crippen LogP contribution in [0.3, 0.4) is 0 Å². The van der Waals surface area contributed by atoms with Crippen LogP contribution in [0, 0.1) is 0 Å². The summed E-state index contributed by atoms with van der Waals surface area (Å²) in [6.45, 7) is 1.43. The fourth-order valence-corrected chi connectivity index (χ4v) is 3.20. The first kappa shape index (κ1) is 20.0. The van der Waals surface area contributed by atoms with Crippen LogP contribution in [0.25, 0.3) is 0 Å². The second-order valence-electron chi connectivity index (χ2n) is 5.30. The number of esters is 1. The highest BCUT2D eigenvalue weighted by atomic mass is 32.2. The number of hydrogen-bond donors (Lipinski definition) is 2. The molecule has 0 saturated carbocycles. The fraction of sp³-hybridized carbons (Fsp3) is 0.176. The minimum atomic E-state index is -3.87. The predicted octanol–water partition coefficient (Wildman–Crippen LogP) is 2.00. The van der Waals surface area contributed by atoms with E-state index >= 15 is 0 Å². The third kappa shape index (κ3) is 6.17. The molecule has 1 atom stereocenters. The average Bonchev–Trinajstić information content (AvgIpc) is 2.60. The Morgan fingerprint density at radius 2 is 1.85 bits per heavy atom. The van der Waals surface area contributed by atoms with Gasteiger partial charge in [-0.3, -0.25) is 9.59 Å². The van der Waals surface area contributed by atoms with Crippen LogP contribution in [0.5, 0.6) is 0 Å². The molecule has 1 amide bonds. The number of thioether (sulfide) groups is 1. The van der Waals surface area contributed by atoms with Crippen molar-refractivity contribution in [2.45, 2.75) is 22.8 Å². The lowest BCUT2D eigenvalue weighted by Crippen LogP contribution is -2.30. The number of nitrogens with two attached hydrogens (primary N) is 1. The number of ether oxygens (including phenoxy) is 1. The third-order valence-electron chi connectivity index (χ3n) is 3.21. The lowest BCUT2D eigenvalue weighted by Gasteiger charge is -2.14. The summed E-state index contributed by atoms with van der Waals surface area (Å²) in [6.07, 6.45) is -1.03. The van der Waals surface area contributed by atoms with Gasteiger partial charge in [0.05, 0.1) is 10.6 Å². The number of carbonyl (C=O) groups excluding carboxylic acids is 2. The molecule has 0 aliphatic carbocycles. The van der Waals surface area contributed by atoms with Crippen molar-refractivity contribution < 1.29 is 22.7 Å². The Morgan fingerprint density at radius 1 is 1.15 bits per heavy atom. The Kier molecular flexibility index (Phi) is 6.78. The van der Waals surface area contributed by atoms with E-state index in [4.69, 9.17) is 9.88 Å². The zero-order chi connectivity index (χ0) is 19.2. The summed E-state index contributed by atoms with van der Waals surface area (Å²) in [5.41, 5.74) is 0.239. The average molecular weight is 394 g/mol. The SMILES string of the molecule is CC(OC(=O)CSc1ccccc1)C(=O)Nc1cccc(S(N)(=O)=O)c1. The van der Waals surface area contributed by atoms with Crippen molar-refractivity contribution in [2.24, 2.45) is 5.14 Å². The van der Waals surface area contributed by atoms with Crippen molar-refractivity contribution in [1.82, 2.24) is 0 Å². The number of carbonyl (C=O) groups is 2. The summed E-state index contributed by atoms with van der Waals surface area (Å²) in [4.78, 5) is 24.7. The molecule has 2 aromatic rings. The van der Waals surface area contributed by atoms with E-state index < -0.39 is 28.0 Å². The zero-order valence-electron chi connectivity index (χ0n) is 13.9. The van der Waals surface area contributed by atoms with E-state index in [0.29, 0.717) is 0 Å². The van der Waals surface area contributed by atoms with Crippen molar-refractivity contribution >= 4 is 39.3 Å². The van der Waals surface area contributed by atoms with Gasteiger partial charge in [0.15, 0.2) is 6.10 Å². The van der Waals surface area contributed by atoms with E-state index in [1.54, 1.807) is 0 Å². The molecule has 0 radical (unpaired) electrons. The van der Waals surface area contributed by atoms with Gasteiger partial charge in [-0.25, -0.2) is 13.6 Å². The number of hydrogen-bond acceptors (Lipinski definition) is 6. The Labute approximate surface area is 156 Å². The smallest absolute Gasteiger partial charge is 0.317 e. The molecule has 138 valence electrons. The number of nitrogens with one attached hydrogen (secondary N) is 1. The van der Waals surface area contributed by atoms with Gasteiger partial charge < -0.3 is 10.1 Å². The van der Waals surface area contributed by atoms with Gasteiger partial charge in [0.25, 0.3) is 5.91 Å². The minimum Gasteiger partial charge on any atom is -0.452 e. The minimum absolute atomic E-state index is 0.0720. The summed E-state index contributed by atoms with van der Waals surface area (Å²) >= 11 is 1.30. The lowest BCUT2D eigenvalue weighted by atomic mass is 10.3. The molecule has 1 unspecified atom stereocenters. The molecule has 26 heavy (non-hydrogen) atoms.